The highest BCUT2D eigenvalue weighted by Crippen LogP contribution is 1.96. The van der Waals surface area contributed by atoms with E-state index in [1.165, 1.54) is 16.7 Å². The molecule has 16 heavy (non-hydrogen) atoms. The van der Waals surface area contributed by atoms with Gasteiger partial charge in [0.15, 0.2) is 0 Å². The van der Waals surface area contributed by atoms with E-state index >= 15 is 0 Å². The molecule has 0 atom stereocenters. The van der Waals surface area contributed by atoms with Crippen LogP contribution < -0.4 is 0 Å². The molecule has 0 aliphatic heterocycles. The highest BCUT2D eigenvalue weighted by Gasteiger charge is 1.82. The average molecular weight is 214 g/mol. The smallest absolute Gasteiger partial charge is 0.0299 e. The van der Waals surface area contributed by atoms with E-state index in [1.807, 2.05) is 38.5 Å². The summed E-state index contributed by atoms with van der Waals surface area (Å²) in [6, 6.07) is 6.14. The van der Waals surface area contributed by atoms with Gasteiger partial charge in [-0.25, -0.2) is 0 Å². The molecule has 84 valence electrons. The van der Waals surface area contributed by atoms with Gasteiger partial charge >= 0.3 is 0 Å². The van der Waals surface area contributed by atoms with Gasteiger partial charge in [0.1, 0.15) is 0 Å². The molecule has 0 spiro atoms. The second-order valence-electron chi connectivity index (χ2n) is 3.75. The first-order valence-electron chi connectivity index (χ1n) is 5.49. The van der Waals surface area contributed by atoms with Crippen LogP contribution in [0.1, 0.15) is 23.6 Å². The van der Waals surface area contributed by atoms with E-state index in [1.54, 1.807) is 6.20 Å². The maximum Gasteiger partial charge on any atom is 0.0299 e. The molecule has 0 aliphatic carbocycles. The summed E-state index contributed by atoms with van der Waals surface area (Å²) in [6.45, 7) is 6.21. The normalized spacial score (nSPS) is 9.19. The molecule has 0 bridgehead atoms. The summed E-state index contributed by atoms with van der Waals surface area (Å²) in [5.74, 6) is 0. The molecule has 0 unspecified atom stereocenters. The van der Waals surface area contributed by atoms with Gasteiger partial charge in [0.25, 0.3) is 0 Å². The van der Waals surface area contributed by atoms with Gasteiger partial charge in [0.2, 0.25) is 0 Å². The molecule has 2 heterocycles. The zero-order chi connectivity index (χ0) is 11.8. The Morgan fingerprint density at radius 1 is 1.00 bits per heavy atom. The molecule has 0 fully saturated rings. The van der Waals surface area contributed by atoms with Crippen LogP contribution in [-0.2, 0) is 6.42 Å². The Morgan fingerprint density at radius 3 is 2.00 bits per heavy atom. The van der Waals surface area contributed by atoms with Crippen molar-refractivity contribution >= 4 is 0 Å². The van der Waals surface area contributed by atoms with Crippen LogP contribution in [0.15, 0.2) is 43.0 Å². The fourth-order valence-electron chi connectivity index (χ4n) is 1.31. The minimum atomic E-state index is 1.08. The van der Waals surface area contributed by atoms with Gasteiger partial charge in [-0.15, -0.1) is 0 Å². The fraction of sp³-hybridized carbons (Fsp3) is 0.286. The molecule has 0 radical (unpaired) electrons. The standard InChI is InChI=1S/2C7H9N/c1-6-3-7(2)5-8-4-6;1-2-7-4-3-5-8-6-7/h3-5H,1-2H3;3-6H,2H2,1H3. The molecular formula is C14H18N2. The Kier molecular flexibility index (Phi) is 5.20. The van der Waals surface area contributed by atoms with Crippen molar-refractivity contribution in [1.82, 2.24) is 9.97 Å². The van der Waals surface area contributed by atoms with E-state index in [4.69, 9.17) is 0 Å². The molecule has 0 saturated heterocycles. The minimum absolute atomic E-state index is 1.08. The monoisotopic (exact) mass is 214 g/mol. The number of hydrogen-bond donors (Lipinski definition) is 0. The van der Waals surface area contributed by atoms with Crippen LogP contribution in [-0.4, -0.2) is 9.97 Å². The van der Waals surface area contributed by atoms with Crippen molar-refractivity contribution in [1.29, 1.82) is 0 Å². The number of aryl methyl sites for hydroxylation is 3. The fourth-order valence-corrected chi connectivity index (χ4v) is 1.31. The summed E-state index contributed by atoms with van der Waals surface area (Å²) in [6.07, 6.45) is 8.47. The maximum atomic E-state index is 3.98. The predicted octanol–water partition coefficient (Wildman–Crippen LogP) is 3.34. The van der Waals surface area contributed by atoms with E-state index in [2.05, 4.69) is 29.0 Å². The van der Waals surface area contributed by atoms with Crippen LogP contribution in [0.5, 0.6) is 0 Å². The van der Waals surface area contributed by atoms with Crippen LogP contribution >= 0.6 is 0 Å². The van der Waals surface area contributed by atoms with Crippen molar-refractivity contribution in [2.45, 2.75) is 27.2 Å². The van der Waals surface area contributed by atoms with E-state index < -0.39 is 0 Å². The van der Waals surface area contributed by atoms with Gasteiger partial charge in [0.05, 0.1) is 0 Å². The largest absolute Gasteiger partial charge is 0.264 e. The van der Waals surface area contributed by atoms with Crippen molar-refractivity contribution < 1.29 is 0 Å². The number of rotatable bonds is 1. The maximum absolute atomic E-state index is 3.98. The SMILES string of the molecule is CCc1cccnc1.Cc1cncc(C)c1. The summed E-state index contributed by atoms with van der Waals surface area (Å²) in [7, 11) is 0. The summed E-state index contributed by atoms with van der Waals surface area (Å²) >= 11 is 0. The molecule has 2 heteroatoms. The van der Waals surface area contributed by atoms with Gasteiger partial charge in [0, 0.05) is 24.8 Å². The lowest BCUT2D eigenvalue weighted by atomic mass is 10.2. The highest BCUT2D eigenvalue weighted by atomic mass is 14.6. The second kappa shape index (κ2) is 6.72. The van der Waals surface area contributed by atoms with Gasteiger partial charge in [-0.1, -0.05) is 19.1 Å². The van der Waals surface area contributed by atoms with Crippen LogP contribution in [0.25, 0.3) is 0 Å². The Morgan fingerprint density at radius 2 is 1.69 bits per heavy atom. The van der Waals surface area contributed by atoms with Crippen molar-refractivity contribution in [2.75, 3.05) is 0 Å². The van der Waals surface area contributed by atoms with Crippen molar-refractivity contribution in [3.8, 4) is 0 Å². The zero-order valence-electron chi connectivity index (χ0n) is 10.1. The first-order valence-corrected chi connectivity index (χ1v) is 5.49. The van der Waals surface area contributed by atoms with Crippen LogP contribution in [0, 0.1) is 13.8 Å². The minimum Gasteiger partial charge on any atom is -0.264 e. The third kappa shape index (κ3) is 4.69. The zero-order valence-corrected chi connectivity index (χ0v) is 10.1. The van der Waals surface area contributed by atoms with E-state index in [9.17, 15) is 0 Å². The summed E-state index contributed by atoms with van der Waals surface area (Å²) < 4.78 is 0. The number of pyridine rings is 2. The van der Waals surface area contributed by atoms with Gasteiger partial charge in [-0.3, -0.25) is 9.97 Å². The molecule has 0 saturated carbocycles. The molecule has 0 N–H and O–H groups in total. The van der Waals surface area contributed by atoms with Gasteiger partial charge in [-0.2, -0.15) is 0 Å². The lowest BCUT2D eigenvalue weighted by Crippen LogP contribution is -1.77. The van der Waals surface area contributed by atoms with Gasteiger partial charge < -0.3 is 0 Å². The van der Waals surface area contributed by atoms with Crippen molar-refractivity contribution in [3.63, 3.8) is 0 Å². The summed E-state index contributed by atoms with van der Waals surface area (Å²) in [5.41, 5.74) is 3.75. The number of nitrogens with zero attached hydrogens (tertiary/aromatic N) is 2. The van der Waals surface area contributed by atoms with Gasteiger partial charge in [-0.05, 0) is 43.0 Å². The van der Waals surface area contributed by atoms with Crippen LogP contribution in [0.4, 0.5) is 0 Å². The lowest BCUT2D eigenvalue weighted by molar-refractivity contribution is 1.10. The van der Waals surface area contributed by atoms with E-state index in [0.29, 0.717) is 0 Å². The molecule has 2 rings (SSSR count). The molecular weight excluding hydrogens is 196 g/mol. The first-order chi connectivity index (χ1) is 7.72. The number of aromatic nitrogens is 2. The Hall–Kier alpha value is -1.70. The Balaban J connectivity index is 0.000000160. The van der Waals surface area contributed by atoms with Crippen molar-refractivity contribution in [2.24, 2.45) is 0 Å². The molecule has 0 aromatic carbocycles. The molecule has 0 aliphatic rings. The lowest BCUT2D eigenvalue weighted by Gasteiger charge is -1.89. The van der Waals surface area contributed by atoms with Crippen molar-refractivity contribution in [3.05, 3.63) is 59.7 Å². The quantitative estimate of drug-likeness (QED) is 0.727. The Bertz CT molecular complexity index is 393. The van der Waals surface area contributed by atoms with Crippen LogP contribution in [0.2, 0.25) is 0 Å². The summed E-state index contributed by atoms with van der Waals surface area (Å²) in [4.78, 5) is 7.94. The number of hydrogen-bond acceptors (Lipinski definition) is 2. The first kappa shape index (κ1) is 12.4. The third-order valence-electron chi connectivity index (χ3n) is 2.14. The predicted molar refractivity (Wildman–Crippen MR) is 67.3 cm³/mol. The van der Waals surface area contributed by atoms with E-state index in [0.717, 1.165) is 6.42 Å². The molecule has 2 aromatic heterocycles. The second-order valence-corrected chi connectivity index (χ2v) is 3.75. The highest BCUT2D eigenvalue weighted by molar-refractivity contribution is 5.14. The summed E-state index contributed by atoms with van der Waals surface area (Å²) in [5, 5.41) is 0. The topological polar surface area (TPSA) is 25.8 Å². The Labute approximate surface area is 97.4 Å². The third-order valence-corrected chi connectivity index (χ3v) is 2.14. The van der Waals surface area contributed by atoms with E-state index in [-0.39, 0.29) is 0 Å². The van der Waals surface area contributed by atoms with Crippen LogP contribution in [0.3, 0.4) is 0 Å². The molecule has 2 aromatic rings. The average Bonchev–Trinajstić information content (AvgIpc) is 2.31. The molecule has 2 nitrogen and oxygen atoms in total. The molecule has 0 amide bonds.